The van der Waals surface area contributed by atoms with E-state index < -0.39 is 0 Å². The summed E-state index contributed by atoms with van der Waals surface area (Å²) in [4.78, 5) is 0. The molecule has 0 heterocycles. The van der Waals surface area contributed by atoms with Crippen LogP contribution in [0.2, 0.25) is 0 Å². The number of benzene rings is 1. The second-order valence-corrected chi connectivity index (χ2v) is 8.21. The van der Waals surface area contributed by atoms with Crippen molar-refractivity contribution >= 4 is 5.57 Å². The summed E-state index contributed by atoms with van der Waals surface area (Å²) in [5.41, 5.74) is 7.66. The van der Waals surface area contributed by atoms with E-state index in [0.717, 1.165) is 0 Å². The molecule has 0 aromatic heterocycles. The van der Waals surface area contributed by atoms with Crippen LogP contribution in [0, 0.1) is 0 Å². The van der Waals surface area contributed by atoms with Gasteiger partial charge >= 0.3 is 0 Å². The molecule has 0 radical (unpaired) electrons. The van der Waals surface area contributed by atoms with Gasteiger partial charge in [0, 0.05) is 0 Å². The molecule has 0 unspecified atom stereocenters. The molecule has 0 fully saturated rings. The van der Waals surface area contributed by atoms with E-state index in [1.807, 2.05) is 13.8 Å². The second-order valence-electron chi connectivity index (χ2n) is 8.21. The monoisotopic (exact) mass is 298 g/mol. The van der Waals surface area contributed by atoms with Gasteiger partial charge in [0.2, 0.25) is 0 Å². The van der Waals surface area contributed by atoms with Crippen LogP contribution in [0.1, 0.15) is 84.9 Å². The third kappa shape index (κ3) is 4.35. The zero-order chi connectivity index (χ0) is 17.1. The molecule has 0 amide bonds. The SMILES string of the molecule is C/C=C(\C)c1ccc2c(c1)C(C)(C)CCC2(C)C.C=C(C)C. The molecule has 0 atom stereocenters. The quantitative estimate of drug-likeness (QED) is 0.488. The van der Waals surface area contributed by atoms with Gasteiger partial charge in [-0.1, -0.05) is 57.5 Å². The molecular formula is C22H34. The maximum Gasteiger partial charge on any atom is -0.0100 e. The Kier molecular flexibility index (Phi) is 5.84. The first-order valence-electron chi connectivity index (χ1n) is 8.41. The van der Waals surface area contributed by atoms with Crippen molar-refractivity contribution in [2.75, 3.05) is 0 Å². The van der Waals surface area contributed by atoms with Crippen LogP contribution in [0.25, 0.3) is 5.57 Å². The summed E-state index contributed by atoms with van der Waals surface area (Å²) in [5.74, 6) is 0. The molecule has 0 heteroatoms. The Labute approximate surface area is 138 Å². The third-order valence-electron chi connectivity index (χ3n) is 4.74. The first-order valence-corrected chi connectivity index (χ1v) is 8.41. The van der Waals surface area contributed by atoms with Crippen LogP contribution in [-0.2, 0) is 10.8 Å². The van der Waals surface area contributed by atoms with Crippen molar-refractivity contribution in [2.45, 2.75) is 79.1 Å². The van der Waals surface area contributed by atoms with Gasteiger partial charge in [0.25, 0.3) is 0 Å². The minimum atomic E-state index is 0.314. The van der Waals surface area contributed by atoms with Crippen LogP contribution < -0.4 is 0 Å². The molecule has 2 rings (SSSR count). The number of rotatable bonds is 1. The van der Waals surface area contributed by atoms with E-state index in [9.17, 15) is 0 Å². The van der Waals surface area contributed by atoms with Gasteiger partial charge in [-0.15, -0.1) is 6.58 Å². The van der Waals surface area contributed by atoms with Gasteiger partial charge in [0.05, 0.1) is 0 Å². The Bertz CT molecular complexity index is 564. The summed E-state index contributed by atoms with van der Waals surface area (Å²) in [5, 5.41) is 0. The number of fused-ring (bicyclic) bond motifs is 1. The molecule has 0 N–H and O–H groups in total. The van der Waals surface area contributed by atoms with Crippen molar-refractivity contribution in [1.29, 1.82) is 0 Å². The van der Waals surface area contributed by atoms with Crippen LogP contribution >= 0.6 is 0 Å². The molecule has 1 aromatic rings. The van der Waals surface area contributed by atoms with Crippen molar-refractivity contribution in [3.05, 3.63) is 53.1 Å². The van der Waals surface area contributed by atoms with Crippen molar-refractivity contribution in [2.24, 2.45) is 0 Å². The van der Waals surface area contributed by atoms with E-state index in [0.29, 0.717) is 10.8 Å². The zero-order valence-electron chi connectivity index (χ0n) is 15.9. The predicted octanol–water partition coefficient (Wildman–Crippen LogP) is 7.04. The minimum Gasteiger partial charge on any atom is -0.100 e. The lowest BCUT2D eigenvalue weighted by Gasteiger charge is -2.42. The average Bonchev–Trinajstić information content (AvgIpc) is 2.42. The Hall–Kier alpha value is -1.30. The topological polar surface area (TPSA) is 0 Å². The van der Waals surface area contributed by atoms with Gasteiger partial charge in [-0.05, 0) is 73.6 Å². The van der Waals surface area contributed by atoms with E-state index in [1.165, 1.54) is 29.6 Å². The Balaban J connectivity index is 0.000000541. The molecule has 0 saturated heterocycles. The smallest absolute Gasteiger partial charge is 0.0100 e. The van der Waals surface area contributed by atoms with Gasteiger partial charge in [0.1, 0.15) is 0 Å². The fourth-order valence-corrected chi connectivity index (χ4v) is 3.00. The van der Waals surface area contributed by atoms with Gasteiger partial charge < -0.3 is 0 Å². The molecule has 22 heavy (non-hydrogen) atoms. The first-order chi connectivity index (χ1) is 10.0. The van der Waals surface area contributed by atoms with Crippen molar-refractivity contribution in [1.82, 2.24) is 0 Å². The summed E-state index contributed by atoms with van der Waals surface area (Å²) in [6, 6.07) is 7.07. The fraction of sp³-hybridized carbons (Fsp3) is 0.545. The lowest BCUT2D eigenvalue weighted by atomic mass is 9.63. The van der Waals surface area contributed by atoms with Gasteiger partial charge in [-0.25, -0.2) is 0 Å². The van der Waals surface area contributed by atoms with E-state index in [1.54, 1.807) is 11.1 Å². The standard InChI is InChI=1S/C18H26.C4H8/c1-7-13(2)14-8-9-15-16(12-14)18(5,6)11-10-17(15,3)4;1-4(2)3/h7-9,12H,10-11H2,1-6H3;1H2,2-3H3/b13-7+;. The second kappa shape index (κ2) is 6.86. The molecule has 0 spiro atoms. The molecule has 0 bridgehead atoms. The van der Waals surface area contributed by atoms with Gasteiger partial charge in [0.15, 0.2) is 0 Å². The highest BCUT2D eigenvalue weighted by Crippen LogP contribution is 2.46. The zero-order valence-corrected chi connectivity index (χ0v) is 15.9. The van der Waals surface area contributed by atoms with Crippen LogP contribution in [0.3, 0.4) is 0 Å². The summed E-state index contributed by atoms with van der Waals surface area (Å²) in [7, 11) is 0. The maximum atomic E-state index is 3.56. The van der Waals surface area contributed by atoms with Crippen LogP contribution in [-0.4, -0.2) is 0 Å². The molecule has 0 saturated carbocycles. The van der Waals surface area contributed by atoms with E-state index in [2.05, 4.69) is 72.4 Å². The Morgan fingerprint density at radius 3 is 1.86 bits per heavy atom. The normalized spacial score (nSPS) is 18.8. The van der Waals surface area contributed by atoms with Crippen molar-refractivity contribution < 1.29 is 0 Å². The molecule has 122 valence electrons. The summed E-state index contributed by atoms with van der Waals surface area (Å²) in [6.45, 7) is 21.3. The first kappa shape index (κ1) is 18.7. The van der Waals surface area contributed by atoms with Crippen LogP contribution in [0.15, 0.2) is 36.4 Å². The number of hydrogen-bond acceptors (Lipinski definition) is 0. The maximum absolute atomic E-state index is 3.56. The Morgan fingerprint density at radius 2 is 1.41 bits per heavy atom. The fourth-order valence-electron chi connectivity index (χ4n) is 3.00. The van der Waals surface area contributed by atoms with E-state index in [-0.39, 0.29) is 0 Å². The van der Waals surface area contributed by atoms with Crippen LogP contribution in [0.5, 0.6) is 0 Å². The predicted molar refractivity (Wildman–Crippen MR) is 102 cm³/mol. The van der Waals surface area contributed by atoms with Crippen molar-refractivity contribution in [3.8, 4) is 0 Å². The molecular weight excluding hydrogens is 264 g/mol. The lowest BCUT2D eigenvalue weighted by Crippen LogP contribution is -2.33. The summed E-state index contributed by atoms with van der Waals surface area (Å²) < 4.78 is 0. The van der Waals surface area contributed by atoms with Gasteiger partial charge in [-0.3, -0.25) is 0 Å². The largest absolute Gasteiger partial charge is 0.100 e. The van der Waals surface area contributed by atoms with E-state index >= 15 is 0 Å². The minimum absolute atomic E-state index is 0.314. The van der Waals surface area contributed by atoms with Gasteiger partial charge in [-0.2, -0.15) is 0 Å². The van der Waals surface area contributed by atoms with Crippen LogP contribution in [0.4, 0.5) is 0 Å². The summed E-state index contributed by atoms with van der Waals surface area (Å²) in [6.07, 6.45) is 4.77. The van der Waals surface area contributed by atoms with Crippen molar-refractivity contribution in [3.63, 3.8) is 0 Å². The highest BCUT2D eigenvalue weighted by molar-refractivity contribution is 5.65. The highest BCUT2D eigenvalue weighted by atomic mass is 14.4. The molecule has 0 aliphatic heterocycles. The number of allylic oxidation sites excluding steroid dienone is 3. The third-order valence-corrected chi connectivity index (χ3v) is 4.74. The molecule has 1 aliphatic rings. The Morgan fingerprint density at radius 1 is 0.955 bits per heavy atom. The highest BCUT2D eigenvalue weighted by Gasteiger charge is 2.36. The molecule has 0 nitrogen and oxygen atoms in total. The lowest BCUT2D eigenvalue weighted by molar-refractivity contribution is 0.332. The molecule has 1 aliphatic carbocycles. The molecule has 1 aromatic carbocycles. The average molecular weight is 299 g/mol. The van der Waals surface area contributed by atoms with E-state index in [4.69, 9.17) is 0 Å². The number of hydrogen-bond donors (Lipinski definition) is 0. The summed E-state index contributed by atoms with van der Waals surface area (Å²) >= 11 is 0.